The number of fused-ring (bicyclic) bond motifs is 1. The molecule has 0 aromatic heterocycles. The quantitative estimate of drug-likeness (QED) is 0.666. The number of aromatic hydroxyl groups is 1. The molecule has 0 saturated heterocycles. The Morgan fingerprint density at radius 1 is 1.33 bits per heavy atom. The van der Waals surface area contributed by atoms with Gasteiger partial charge in [0.2, 0.25) is 0 Å². The summed E-state index contributed by atoms with van der Waals surface area (Å²) in [6.45, 7) is 11.1. The lowest BCUT2D eigenvalue weighted by molar-refractivity contribution is 0.361. The van der Waals surface area contributed by atoms with E-state index in [1.807, 2.05) is 6.07 Å². The summed E-state index contributed by atoms with van der Waals surface area (Å²) in [6.07, 6.45) is 7.20. The average Bonchev–Trinajstić information content (AvgIpc) is 2.37. The normalized spacial score (nSPS) is 22.5. The second-order valence-electron chi connectivity index (χ2n) is 7.21. The predicted molar refractivity (Wildman–Crippen MR) is 91.1 cm³/mol. The molecule has 1 N–H and O–H groups in total. The van der Waals surface area contributed by atoms with Gasteiger partial charge in [0, 0.05) is 5.56 Å². The zero-order valence-corrected chi connectivity index (χ0v) is 14.2. The molecule has 1 heteroatoms. The Kier molecular flexibility index (Phi) is 5.13. The molecule has 1 aliphatic carbocycles. The van der Waals surface area contributed by atoms with Crippen LogP contribution in [0.15, 0.2) is 23.8 Å². The van der Waals surface area contributed by atoms with Crippen LogP contribution in [0.3, 0.4) is 0 Å². The van der Waals surface area contributed by atoms with Crippen LogP contribution in [0.4, 0.5) is 0 Å². The lowest BCUT2D eigenvalue weighted by Gasteiger charge is -2.34. The summed E-state index contributed by atoms with van der Waals surface area (Å²) in [7, 11) is 0. The van der Waals surface area contributed by atoms with Crippen molar-refractivity contribution in [2.75, 3.05) is 0 Å². The van der Waals surface area contributed by atoms with Crippen LogP contribution in [0.25, 0.3) is 0 Å². The smallest absolute Gasteiger partial charge is 0.119 e. The summed E-state index contributed by atoms with van der Waals surface area (Å²) in [4.78, 5) is 0. The van der Waals surface area contributed by atoms with E-state index in [1.165, 1.54) is 47.9 Å². The lowest BCUT2D eigenvalue weighted by atomic mass is 9.71. The second-order valence-corrected chi connectivity index (χ2v) is 7.21. The third-order valence-electron chi connectivity index (χ3n) is 5.00. The van der Waals surface area contributed by atoms with Crippen molar-refractivity contribution in [1.82, 2.24) is 0 Å². The molecule has 1 aromatic carbocycles. The molecule has 0 unspecified atom stereocenters. The summed E-state index contributed by atoms with van der Waals surface area (Å²) in [6, 6.07) is 4.23. The van der Waals surface area contributed by atoms with Gasteiger partial charge >= 0.3 is 0 Å². The Morgan fingerprint density at radius 2 is 2.05 bits per heavy atom. The molecule has 1 aromatic rings. The molecule has 0 heterocycles. The molecule has 0 radical (unpaired) electrons. The van der Waals surface area contributed by atoms with Gasteiger partial charge in [-0.05, 0) is 81.4 Å². The molecule has 21 heavy (non-hydrogen) atoms. The number of phenols is 1. The first-order valence-electron chi connectivity index (χ1n) is 8.37. The highest BCUT2D eigenvalue weighted by Gasteiger charge is 2.30. The van der Waals surface area contributed by atoms with Gasteiger partial charge in [-0.3, -0.25) is 0 Å². The first-order valence-corrected chi connectivity index (χ1v) is 8.37. The third kappa shape index (κ3) is 3.70. The van der Waals surface area contributed by atoms with Gasteiger partial charge < -0.3 is 5.11 Å². The van der Waals surface area contributed by atoms with Gasteiger partial charge in [-0.1, -0.05) is 31.6 Å². The largest absolute Gasteiger partial charge is 0.508 e. The molecule has 1 aliphatic rings. The molecule has 0 amide bonds. The van der Waals surface area contributed by atoms with Crippen LogP contribution in [0.5, 0.6) is 5.75 Å². The first-order chi connectivity index (χ1) is 9.90. The Labute approximate surface area is 130 Å². The number of phenolic OH excluding ortho intramolecular Hbond substituents is 1. The van der Waals surface area contributed by atoms with Gasteiger partial charge in [0.25, 0.3) is 0 Å². The molecule has 1 nitrogen and oxygen atoms in total. The van der Waals surface area contributed by atoms with E-state index in [0.717, 1.165) is 0 Å². The summed E-state index contributed by atoms with van der Waals surface area (Å²) < 4.78 is 0. The molecule has 116 valence electrons. The van der Waals surface area contributed by atoms with Gasteiger partial charge in [-0.15, -0.1) is 0 Å². The third-order valence-corrected chi connectivity index (χ3v) is 5.00. The van der Waals surface area contributed by atoms with E-state index in [0.29, 0.717) is 23.5 Å². The van der Waals surface area contributed by atoms with E-state index in [1.54, 1.807) is 0 Å². The second kappa shape index (κ2) is 6.68. The first kappa shape index (κ1) is 16.1. The maximum Gasteiger partial charge on any atom is 0.119 e. The van der Waals surface area contributed by atoms with Crippen molar-refractivity contribution in [3.05, 3.63) is 40.5 Å². The monoisotopic (exact) mass is 286 g/mol. The SMILES string of the molecule is CC(C)=CCC[C@H](C)[C@H]1CC[C@H](C)c2c(O)cc(C)cc21. The van der Waals surface area contributed by atoms with Crippen molar-refractivity contribution < 1.29 is 5.11 Å². The molecule has 0 bridgehead atoms. The van der Waals surface area contributed by atoms with Crippen molar-refractivity contribution >= 4 is 0 Å². The topological polar surface area (TPSA) is 20.2 Å². The van der Waals surface area contributed by atoms with Gasteiger partial charge in [0.1, 0.15) is 5.75 Å². The van der Waals surface area contributed by atoms with E-state index in [9.17, 15) is 5.11 Å². The predicted octanol–water partition coefficient (Wildman–Crippen LogP) is 6.06. The zero-order chi connectivity index (χ0) is 15.6. The molecular formula is C20H30O. The lowest BCUT2D eigenvalue weighted by Crippen LogP contribution is -2.19. The van der Waals surface area contributed by atoms with Crippen LogP contribution in [-0.4, -0.2) is 5.11 Å². The Hall–Kier alpha value is -1.24. The van der Waals surface area contributed by atoms with Crippen LogP contribution in [0, 0.1) is 12.8 Å². The molecule has 3 atom stereocenters. The van der Waals surface area contributed by atoms with Crippen molar-refractivity contribution in [1.29, 1.82) is 0 Å². The molecule has 0 spiro atoms. The van der Waals surface area contributed by atoms with Crippen LogP contribution >= 0.6 is 0 Å². The zero-order valence-electron chi connectivity index (χ0n) is 14.2. The van der Waals surface area contributed by atoms with Gasteiger partial charge in [0.15, 0.2) is 0 Å². The van der Waals surface area contributed by atoms with Crippen molar-refractivity contribution in [2.45, 2.75) is 72.1 Å². The summed E-state index contributed by atoms with van der Waals surface area (Å²) >= 11 is 0. The number of rotatable bonds is 4. The molecular weight excluding hydrogens is 256 g/mol. The highest BCUT2D eigenvalue weighted by molar-refractivity contribution is 5.48. The van der Waals surface area contributed by atoms with Gasteiger partial charge in [0.05, 0.1) is 0 Å². The maximum absolute atomic E-state index is 10.3. The van der Waals surface area contributed by atoms with Crippen molar-refractivity contribution in [3.8, 4) is 5.75 Å². The summed E-state index contributed by atoms with van der Waals surface area (Å²) in [5, 5.41) is 10.3. The Morgan fingerprint density at radius 3 is 2.71 bits per heavy atom. The van der Waals surface area contributed by atoms with Crippen molar-refractivity contribution in [3.63, 3.8) is 0 Å². The van der Waals surface area contributed by atoms with Gasteiger partial charge in [-0.25, -0.2) is 0 Å². The minimum atomic E-state index is 0.488. The Bertz CT molecular complexity index is 523. The minimum Gasteiger partial charge on any atom is -0.508 e. The van der Waals surface area contributed by atoms with Crippen LogP contribution < -0.4 is 0 Å². The van der Waals surface area contributed by atoms with Crippen LogP contribution in [0.1, 0.15) is 81.9 Å². The van der Waals surface area contributed by atoms with Crippen LogP contribution in [-0.2, 0) is 0 Å². The standard InChI is InChI=1S/C20H30O/c1-13(2)7-6-8-15(4)17-10-9-16(5)20-18(17)11-14(3)12-19(20)21/h7,11-12,15-17,21H,6,8-10H2,1-5H3/t15-,16-,17+/m0/s1. The van der Waals surface area contributed by atoms with Crippen LogP contribution in [0.2, 0.25) is 0 Å². The minimum absolute atomic E-state index is 0.488. The van der Waals surface area contributed by atoms with E-state index in [-0.39, 0.29) is 0 Å². The Balaban J connectivity index is 2.24. The summed E-state index contributed by atoms with van der Waals surface area (Å²) in [5.74, 6) is 2.28. The van der Waals surface area contributed by atoms with Gasteiger partial charge in [-0.2, -0.15) is 0 Å². The number of allylic oxidation sites excluding steroid dienone is 2. The van der Waals surface area contributed by atoms with E-state index >= 15 is 0 Å². The maximum atomic E-state index is 10.3. The summed E-state index contributed by atoms with van der Waals surface area (Å²) in [5.41, 5.74) is 5.22. The fourth-order valence-corrected chi connectivity index (χ4v) is 3.81. The number of hydrogen-bond acceptors (Lipinski definition) is 1. The highest BCUT2D eigenvalue weighted by atomic mass is 16.3. The average molecular weight is 286 g/mol. The number of benzene rings is 1. The molecule has 0 aliphatic heterocycles. The number of hydrogen-bond donors (Lipinski definition) is 1. The fourth-order valence-electron chi connectivity index (χ4n) is 3.81. The van der Waals surface area contributed by atoms with E-state index in [4.69, 9.17) is 0 Å². The molecule has 0 fully saturated rings. The van der Waals surface area contributed by atoms with E-state index < -0.39 is 0 Å². The van der Waals surface area contributed by atoms with E-state index in [2.05, 4.69) is 46.8 Å². The fraction of sp³-hybridized carbons (Fsp3) is 0.600. The van der Waals surface area contributed by atoms with Crippen molar-refractivity contribution in [2.24, 2.45) is 5.92 Å². The molecule has 2 rings (SSSR count). The highest BCUT2D eigenvalue weighted by Crippen LogP contribution is 2.47. The molecule has 0 saturated carbocycles. The number of aryl methyl sites for hydroxylation is 1.